The summed E-state index contributed by atoms with van der Waals surface area (Å²) in [5, 5.41) is 3.32. The van der Waals surface area contributed by atoms with Crippen molar-refractivity contribution in [3.05, 3.63) is 23.3 Å². The van der Waals surface area contributed by atoms with Crippen LogP contribution in [0.2, 0.25) is 0 Å². The number of amides is 1. The molecule has 0 bridgehead atoms. The monoisotopic (exact) mass is 260 g/mol. The van der Waals surface area contributed by atoms with E-state index in [0.29, 0.717) is 11.5 Å². The van der Waals surface area contributed by atoms with Gasteiger partial charge in [-0.05, 0) is 32.7 Å². The molecule has 2 saturated heterocycles. The number of nitrogens with one attached hydrogen (secondary N) is 1. The molecule has 0 aromatic carbocycles. The minimum absolute atomic E-state index is 0.0890. The van der Waals surface area contributed by atoms with Gasteiger partial charge in [-0.1, -0.05) is 0 Å². The molecule has 0 radical (unpaired) electrons. The molecule has 5 nitrogen and oxygen atoms in total. The lowest BCUT2D eigenvalue weighted by Gasteiger charge is -2.17. The van der Waals surface area contributed by atoms with Gasteiger partial charge < -0.3 is 10.2 Å². The summed E-state index contributed by atoms with van der Waals surface area (Å²) in [6.45, 7) is 5.62. The minimum atomic E-state index is 0.0890. The van der Waals surface area contributed by atoms with Gasteiger partial charge in [0.15, 0.2) is 0 Å². The van der Waals surface area contributed by atoms with E-state index in [1.807, 2.05) is 11.8 Å². The molecule has 3 rings (SSSR count). The molecule has 2 aliphatic heterocycles. The number of carbonyl (C=O) groups is 1. The van der Waals surface area contributed by atoms with E-state index >= 15 is 0 Å². The predicted octanol–water partition coefficient (Wildman–Crippen LogP) is 1.10. The Labute approximate surface area is 113 Å². The van der Waals surface area contributed by atoms with Crippen molar-refractivity contribution >= 4 is 5.91 Å². The molecule has 0 spiro atoms. The van der Waals surface area contributed by atoms with Crippen LogP contribution in [0.25, 0.3) is 0 Å². The van der Waals surface area contributed by atoms with Gasteiger partial charge in [0, 0.05) is 31.7 Å². The van der Waals surface area contributed by atoms with Crippen LogP contribution in [0, 0.1) is 6.92 Å². The van der Waals surface area contributed by atoms with Crippen LogP contribution in [-0.4, -0.2) is 47.0 Å². The number of carbonyl (C=O) groups excluding carboxylic acids is 1. The molecule has 2 fully saturated rings. The lowest BCUT2D eigenvalue weighted by atomic mass is 10.1. The third-order valence-electron chi connectivity index (χ3n) is 4.05. The molecule has 0 aliphatic carbocycles. The van der Waals surface area contributed by atoms with E-state index in [9.17, 15) is 4.79 Å². The quantitative estimate of drug-likeness (QED) is 0.865. The Morgan fingerprint density at radius 2 is 2.21 bits per heavy atom. The first-order valence-corrected chi connectivity index (χ1v) is 7.09. The topological polar surface area (TPSA) is 58.1 Å². The summed E-state index contributed by atoms with van der Waals surface area (Å²) in [6, 6.07) is 0. The number of aromatic nitrogens is 2. The van der Waals surface area contributed by atoms with Gasteiger partial charge in [0.25, 0.3) is 5.91 Å². The van der Waals surface area contributed by atoms with Crippen molar-refractivity contribution in [1.29, 1.82) is 0 Å². The van der Waals surface area contributed by atoms with Crippen LogP contribution in [0.15, 0.2) is 6.20 Å². The highest BCUT2D eigenvalue weighted by atomic mass is 16.2. The molecule has 5 heteroatoms. The van der Waals surface area contributed by atoms with Crippen LogP contribution < -0.4 is 5.32 Å². The summed E-state index contributed by atoms with van der Waals surface area (Å²) < 4.78 is 0. The van der Waals surface area contributed by atoms with Crippen molar-refractivity contribution < 1.29 is 4.79 Å². The largest absolute Gasteiger partial charge is 0.339 e. The van der Waals surface area contributed by atoms with E-state index in [2.05, 4.69) is 15.3 Å². The molecular formula is C14H20N4O. The first kappa shape index (κ1) is 12.5. The Balaban J connectivity index is 1.80. The van der Waals surface area contributed by atoms with E-state index in [-0.39, 0.29) is 5.91 Å². The molecule has 1 aromatic rings. The molecular weight excluding hydrogens is 240 g/mol. The second kappa shape index (κ2) is 5.25. The van der Waals surface area contributed by atoms with Gasteiger partial charge in [0.2, 0.25) is 0 Å². The lowest BCUT2D eigenvalue weighted by molar-refractivity contribution is 0.0791. The van der Waals surface area contributed by atoms with E-state index < -0.39 is 0 Å². The Kier molecular flexibility index (Phi) is 3.46. The minimum Gasteiger partial charge on any atom is -0.339 e. The molecule has 19 heavy (non-hydrogen) atoms. The van der Waals surface area contributed by atoms with Gasteiger partial charge in [-0.2, -0.15) is 0 Å². The molecule has 3 heterocycles. The maximum Gasteiger partial charge on any atom is 0.257 e. The number of rotatable bonds is 2. The first-order chi connectivity index (χ1) is 9.25. The zero-order valence-electron chi connectivity index (χ0n) is 11.4. The van der Waals surface area contributed by atoms with E-state index in [4.69, 9.17) is 0 Å². The Morgan fingerprint density at radius 3 is 2.84 bits per heavy atom. The standard InChI is InChI=1S/C14H20N4O/c1-10-12(14(19)18-6-2-3-7-18)9-16-13(17-10)11-4-5-15-8-11/h9,11,15H,2-8H2,1H3/t11-/m1/s1. The summed E-state index contributed by atoms with van der Waals surface area (Å²) >= 11 is 0. The molecule has 2 aliphatic rings. The average Bonchev–Trinajstić information content (AvgIpc) is 3.11. The number of nitrogens with zero attached hydrogens (tertiary/aromatic N) is 3. The highest BCUT2D eigenvalue weighted by Crippen LogP contribution is 2.20. The van der Waals surface area contributed by atoms with Crippen LogP contribution in [0.1, 0.15) is 47.1 Å². The average molecular weight is 260 g/mol. The fourth-order valence-electron chi connectivity index (χ4n) is 2.86. The Bertz CT molecular complexity index is 476. The molecule has 1 aromatic heterocycles. The van der Waals surface area contributed by atoms with Crippen molar-refractivity contribution in [2.75, 3.05) is 26.2 Å². The number of hydrogen-bond donors (Lipinski definition) is 1. The third-order valence-corrected chi connectivity index (χ3v) is 4.05. The molecule has 0 unspecified atom stereocenters. The highest BCUT2D eigenvalue weighted by molar-refractivity contribution is 5.95. The van der Waals surface area contributed by atoms with E-state index in [1.54, 1.807) is 6.20 Å². The Morgan fingerprint density at radius 1 is 1.42 bits per heavy atom. The van der Waals surface area contributed by atoms with Crippen molar-refractivity contribution in [2.24, 2.45) is 0 Å². The van der Waals surface area contributed by atoms with Crippen LogP contribution in [-0.2, 0) is 0 Å². The van der Waals surface area contributed by atoms with Crippen LogP contribution >= 0.6 is 0 Å². The van der Waals surface area contributed by atoms with Gasteiger partial charge in [-0.15, -0.1) is 0 Å². The zero-order valence-corrected chi connectivity index (χ0v) is 11.4. The molecule has 1 amide bonds. The fourth-order valence-corrected chi connectivity index (χ4v) is 2.86. The summed E-state index contributed by atoms with van der Waals surface area (Å²) in [7, 11) is 0. The van der Waals surface area contributed by atoms with Gasteiger partial charge in [-0.25, -0.2) is 9.97 Å². The molecule has 1 N–H and O–H groups in total. The predicted molar refractivity (Wildman–Crippen MR) is 72.1 cm³/mol. The van der Waals surface area contributed by atoms with Crippen molar-refractivity contribution in [3.63, 3.8) is 0 Å². The molecule has 0 saturated carbocycles. The van der Waals surface area contributed by atoms with E-state index in [1.165, 1.54) is 0 Å². The first-order valence-electron chi connectivity index (χ1n) is 7.09. The van der Waals surface area contributed by atoms with Crippen LogP contribution in [0.5, 0.6) is 0 Å². The fraction of sp³-hybridized carbons (Fsp3) is 0.643. The van der Waals surface area contributed by atoms with Crippen molar-refractivity contribution in [3.8, 4) is 0 Å². The van der Waals surface area contributed by atoms with Crippen molar-refractivity contribution in [1.82, 2.24) is 20.2 Å². The normalized spacial score (nSPS) is 23.0. The van der Waals surface area contributed by atoms with Crippen molar-refractivity contribution in [2.45, 2.75) is 32.1 Å². The van der Waals surface area contributed by atoms with Crippen LogP contribution in [0.4, 0.5) is 0 Å². The van der Waals surface area contributed by atoms with Gasteiger partial charge in [-0.3, -0.25) is 4.79 Å². The molecule has 102 valence electrons. The summed E-state index contributed by atoms with van der Waals surface area (Å²) in [6.07, 6.45) is 5.02. The maximum absolute atomic E-state index is 12.3. The number of likely N-dealkylation sites (tertiary alicyclic amines) is 1. The lowest BCUT2D eigenvalue weighted by Crippen LogP contribution is -2.29. The van der Waals surface area contributed by atoms with Gasteiger partial charge >= 0.3 is 0 Å². The smallest absolute Gasteiger partial charge is 0.257 e. The highest BCUT2D eigenvalue weighted by Gasteiger charge is 2.24. The summed E-state index contributed by atoms with van der Waals surface area (Å²) in [5.74, 6) is 1.36. The number of aryl methyl sites for hydroxylation is 1. The van der Waals surface area contributed by atoms with Crippen LogP contribution in [0.3, 0.4) is 0 Å². The van der Waals surface area contributed by atoms with Gasteiger partial charge in [0.05, 0.1) is 11.3 Å². The zero-order chi connectivity index (χ0) is 13.2. The van der Waals surface area contributed by atoms with Gasteiger partial charge in [0.1, 0.15) is 5.82 Å². The summed E-state index contributed by atoms with van der Waals surface area (Å²) in [5.41, 5.74) is 1.48. The molecule has 1 atom stereocenters. The SMILES string of the molecule is Cc1nc([C@@H]2CCNC2)ncc1C(=O)N1CCCC1. The summed E-state index contributed by atoms with van der Waals surface area (Å²) in [4.78, 5) is 23.2. The second-order valence-corrected chi connectivity index (χ2v) is 5.42. The second-order valence-electron chi connectivity index (χ2n) is 5.42. The maximum atomic E-state index is 12.3. The number of hydrogen-bond acceptors (Lipinski definition) is 4. The van der Waals surface area contributed by atoms with E-state index in [0.717, 1.165) is 57.0 Å². The Hall–Kier alpha value is -1.49. The third kappa shape index (κ3) is 2.47.